The molecule has 6 nitrogen and oxygen atoms in total. The average Bonchev–Trinajstić information content (AvgIpc) is 2.34. The molecule has 6 heteroatoms. The molecule has 0 aromatic heterocycles. The van der Waals surface area contributed by atoms with Gasteiger partial charge in [-0.15, -0.1) is 0 Å². The Hall–Kier alpha value is -2.37. The Labute approximate surface area is 104 Å². The Morgan fingerprint density at radius 3 is 2.33 bits per heavy atom. The lowest BCUT2D eigenvalue weighted by Gasteiger charge is -2.14. The Bertz CT molecular complexity index is 445. The second-order valence-corrected chi connectivity index (χ2v) is 3.66. The van der Waals surface area contributed by atoms with E-state index >= 15 is 0 Å². The molecule has 0 aliphatic carbocycles. The van der Waals surface area contributed by atoms with Crippen LogP contribution in [0.4, 0.5) is 0 Å². The first kappa shape index (κ1) is 13.7. The Morgan fingerprint density at radius 2 is 1.83 bits per heavy atom. The van der Waals surface area contributed by atoms with Crippen LogP contribution in [0.2, 0.25) is 0 Å². The molecule has 0 bridgehead atoms. The number of amides is 2. The molecule has 1 atom stereocenters. The highest BCUT2D eigenvalue weighted by atomic mass is 16.4. The van der Waals surface area contributed by atoms with Crippen molar-refractivity contribution in [3.05, 3.63) is 35.9 Å². The Balaban J connectivity index is 2.67. The minimum Gasteiger partial charge on any atom is -0.479 e. The quantitative estimate of drug-likeness (QED) is 0.688. The number of benzene rings is 1. The van der Waals surface area contributed by atoms with Gasteiger partial charge in [0.2, 0.25) is 11.8 Å². The fourth-order valence-electron chi connectivity index (χ4n) is 1.35. The van der Waals surface area contributed by atoms with E-state index in [1.807, 2.05) is 0 Å². The van der Waals surface area contributed by atoms with Gasteiger partial charge < -0.3 is 15.7 Å². The van der Waals surface area contributed by atoms with E-state index in [1.165, 1.54) is 6.92 Å². The summed E-state index contributed by atoms with van der Waals surface area (Å²) in [4.78, 5) is 33.1. The maximum absolute atomic E-state index is 11.4. The monoisotopic (exact) mass is 250 g/mol. The van der Waals surface area contributed by atoms with Crippen molar-refractivity contribution in [3.8, 4) is 0 Å². The molecular formula is C12H14N2O4. The summed E-state index contributed by atoms with van der Waals surface area (Å²) in [5.41, 5.74) is 0.473. The normalized spacial score (nSPS) is 11.4. The van der Waals surface area contributed by atoms with Crippen molar-refractivity contribution >= 4 is 17.8 Å². The van der Waals surface area contributed by atoms with Gasteiger partial charge in [0.15, 0.2) is 6.04 Å². The number of carbonyl (C=O) groups excluding carboxylic acids is 2. The highest BCUT2D eigenvalue weighted by Gasteiger charge is 2.21. The van der Waals surface area contributed by atoms with Gasteiger partial charge in [0.1, 0.15) is 0 Å². The number of carbonyl (C=O) groups is 3. The predicted molar refractivity (Wildman–Crippen MR) is 63.6 cm³/mol. The van der Waals surface area contributed by atoms with Crippen LogP contribution in [-0.4, -0.2) is 29.4 Å². The molecule has 0 fully saturated rings. The largest absolute Gasteiger partial charge is 0.479 e. The highest BCUT2D eigenvalue weighted by molar-refractivity contribution is 5.87. The molecular weight excluding hydrogens is 236 g/mol. The molecule has 0 aliphatic rings. The van der Waals surface area contributed by atoms with Crippen LogP contribution in [0.15, 0.2) is 30.3 Å². The smallest absolute Gasteiger partial charge is 0.330 e. The molecule has 0 radical (unpaired) electrons. The van der Waals surface area contributed by atoms with E-state index in [0.717, 1.165) is 0 Å². The topological polar surface area (TPSA) is 95.5 Å². The van der Waals surface area contributed by atoms with Crippen molar-refractivity contribution in [2.24, 2.45) is 0 Å². The summed E-state index contributed by atoms with van der Waals surface area (Å²) < 4.78 is 0. The van der Waals surface area contributed by atoms with Crippen molar-refractivity contribution in [2.75, 3.05) is 6.54 Å². The molecule has 1 aromatic rings. The molecule has 0 unspecified atom stereocenters. The first-order valence-corrected chi connectivity index (χ1v) is 5.32. The van der Waals surface area contributed by atoms with Crippen LogP contribution in [0.1, 0.15) is 18.5 Å². The molecule has 18 heavy (non-hydrogen) atoms. The summed E-state index contributed by atoms with van der Waals surface area (Å²) in [6.45, 7) is 1.03. The van der Waals surface area contributed by atoms with Crippen LogP contribution in [0.3, 0.4) is 0 Å². The zero-order valence-corrected chi connectivity index (χ0v) is 9.84. The average molecular weight is 250 g/mol. The van der Waals surface area contributed by atoms with Crippen LogP contribution < -0.4 is 10.6 Å². The van der Waals surface area contributed by atoms with Crippen molar-refractivity contribution in [1.82, 2.24) is 10.6 Å². The molecule has 1 aromatic carbocycles. The third-order valence-corrected chi connectivity index (χ3v) is 2.18. The molecule has 0 saturated carbocycles. The van der Waals surface area contributed by atoms with Gasteiger partial charge in [-0.2, -0.15) is 0 Å². The second-order valence-electron chi connectivity index (χ2n) is 3.66. The van der Waals surface area contributed by atoms with Gasteiger partial charge in [0.05, 0.1) is 6.54 Å². The maximum Gasteiger partial charge on any atom is 0.330 e. The number of carboxylic acids is 1. The first-order valence-electron chi connectivity index (χ1n) is 5.32. The van der Waals surface area contributed by atoms with E-state index < -0.39 is 17.9 Å². The summed E-state index contributed by atoms with van der Waals surface area (Å²) in [6.07, 6.45) is 0. The van der Waals surface area contributed by atoms with Crippen LogP contribution in [0.25, 0.3) is 0 Å². The van der Waals surface area contributed by atoms with Crippen molar-refractivity contribution in [2.45, 2.75) is 13.0 Å². The molecule has 2 amide bonds. The van der Waals surface area contributed by atoms with Gasteiger partial charge in [-0.3, -0.25) is 9.59 Å². The number of rotatable bonds is 5. The van der Waals surface area contributed by atoms with Gasteiger partial charge in [0, 0.05) is 6.92 Å². The van der Waals surface area contributed by atoms with Gasteiger partial charge in [-0.25, -0.2) is 4.79 Å². The number of aliphatic carboxylic acids is 1. The number of carboxylic acid groups (broad SMARTS) is 1. The summed E-state index contributed by atoms with van der Waals surface area (Å²) in [7, 11) is 0. The predicted octanol–water partition coefficient (Wildman–Crippen LogP) is 0.0646. The first-order chi connectivity index (χ1) is 8.50. The standard InChI is InChI=1S/C12H14N2O4/c1-8(15)13-7-10(16)14-11(12(17)18)9-5-3-2-4-6-9/h2-6,11H,7H2,1H3,(H,13,15)(H,14,16)(H,17,18)/t11-/m0/s1. The third kappa shape index (κ3) is 4.25. The van der Waals surface area contributed by atoms with Crippen LogP contribution >= 0.6 is 0 Å². The van der Waals surface area contributed by atoms with E-state index in [2.05, 4.69) is 10.6 Å². The molecule has 0 heterocycles. The van der Waals surface area contributed by atoms with Gasteiger partial charge in [-0.05, 0) is 5.56 Å². The highest BCUT2D eigenvalue weighted by Crippen LogP contribution is 2.12. The molecule has 96 valence electrons. The lowest BCUT2D eigenvalue weighted by atomic mass is 10.1. The fraction of sp³-hybridized carbons (Fsp3) is 0.250. The van der Waals surface area contributed by atoms with Gasteiger partial charge in [-0.1, -0.05) is 30.3 Å². The second kappa shape index (κ2) is 6.39. The SMILES string of the molecule is CC(=O)NCC(=O)N[C@H](C(=O)O)c1ccccc1. The van der Waals surface area contributed by atoms with Gasteiger partial charge in [0.25, 0.3) is 0 Å². The van der Waals surface area contributed by atoms with E-state index in [1.54, 1.807) is 30.3 Å². The minimum atomic E-state index is -1.16. The summed E-state index contributed by atoms with van der Waals surface area (Å²) in [6, 6.07) is 7.22. The van der Waals surface area contributed by atoms with Crippen LogP contribution in [0, 0.1) is 0 Å². The maximum atomic E-state index is 11.4. The van der Waals surface area contributed by atoms with Crippen LogP contribution in [-0.2, 0) is 14.4 Å². The zero-order chi connectivity index (χ0) is 13.5. The number of hydrogen-bond donors (Lipinski definition) is 3. The summed E-state index contributed by atoms with van der Waals surface area (Å²) in [5.74, 6) is -2.06. The Morgan fingerprint density at radius 1 is 1.22 bits per heavy atom. The minimum absolute atomic E-state index is 0.244. The fourth-order valence-corrected chi connectivity index (χ4v) is 1.35. The van der Waals surface area contributed by atoms with Crippen molar-refractivity contribution in [1.29, 1.82) is 0 Å². The lowest BCUT2D eigenvalue weighted by Crippen LogP contribution is -2.40. The molecule has 0 spiro atoms. The summed E-state index contributed by atoms with van der Waals surface area (Å²) >= 11 is 0. The lowest BCUT2D eigenvalue weighted by molar-refractivity contribution is -0.141. The van der Waals surface area contributed by atoms with E-state index in [4.69, 9.17) is 5.11 Å². The van der Waals surface area contributed by atoms with Crippen molar-refractivity contribution < 1.29 is 19.5 Å². The molecule has 0 aliphatic heterocycles. The number of nitrogens with one attached hydrogen (secondary N) is 2. The number of hydrogen-bond acceptors (Lipinski definition) is 3. The van der Waals surface area contributed by atoms with E-state index in [9.17, 15) is 14.4 Å². The van der Waals surface area contributed by atoms with E-state index in [0.29, 0.717) is 5.56 Å². The zero-order valence-electron chi connectivity index (χ0n) is 9.84. The Kier molecular flexibility index (Phi) is 4.86. The van der Waals surface area contributed by atoms with Gasteiger partial charge >= 0.3 is 5.97 Å². The molecule has 0 saturated heterocycles. The third-order valence-electron chi connectivity index (χ3n) is 2.18. The summed E-state index contributed by atoms with van der Waals surface area (Å²) in [5, 5.41) is 13.7. The molecule has 1 rings (SSSR count). The van der Waals surface area contributed by atoms with Crippen molar-refractivity contribution in [3.63, 3.8) is 0 Å². The van der Waals surface area contributed by atoms with E-state index in [-0.39, 0.29) is 12.5 Å². The molecule has 3 N–H and O–H groups in total. The van der Waals surface area contributed by atoms with Crippen LogP contribution in [0.5, 0.6) is 0 Å².